The van der Waals surface area contributed by atoms with E-state index in [0.717, 1.165) is 30.1 Å². The Labute approximate surface area is 131 Å². The Balaban J connectivity index is 1.54. The maximum absolute atomic E-state index is 10.3. The van der Waals surface area contributed by atoms with Crippen molar-refractivity contribution in [3.63, 3.8) is 0 Å². The summed E-state index contributed by atoms with van der Waals surface area (Å²) in [6.07, 6.45) is -0.465. The second kappa shape index (κ2) is 6.10. The Morgan fingerprint density at radius 2 is 1.95 bits per heavy atom. The van der Waals surface area contributed by atoms with Crippen molar-refractivity contribution in [2.45, 2.75) is 26.0 Å². The molecule has 5 nitrogen and oxygen atoms in total. The Bertz CT molecular complexity index is 630. The van der Waals surface area contributed by atoms with Crippen LogP contribution in [0.25, 0.3) is 0 Å². The summed E-state index contributed by atoms with van der Waals surface area (Å²) in [5.41, 5.74) is 3.20. The van der Waals surface area contributed by atoms with Gasteiger partial charge in [-0.15, -0.1) is 0 Å². The number of methoxy groups -OCH3 is 1. The van der Waals surface area contributed by atoms with E-state index in [2.05, 4.69) is 27.7 Å². The van der Waals surface area contributed by atoms with Gasteiger partial charge in [0.15, 0.2) is 0 Å². The number of aromatic nitrogens is 2. The second-order valence-electron chi connectivity index (χ2n) is 6.03. The summed E-state index contributed by atoms with van der Waals surface area (Å²) >= 11 is 0. The molecule has 2 aromatic rings. The maximum Gasteiger partial charge on any atom is 0.118 e. The highest BCUT2D eigenvalue weighted by Gasteiger charge is 2.31. The molecule has 1 atom stereocenters. The quantitative estimate of drug-likeness (QED) is 0.919. The van der Waals surface area contributed by atoms with Crippen LogP contribution in [0.1, 0.15) is 29.1 Å². The highest BCUT2D eigenvalue weighted by molar-refractivity contribution is 5.28. The Kier molecular flexibility index (Phi) is 4.18. The van der Waals surface area contributed by atoms with Gasteiger partial charge in [0.25, 0.3) is 0 Å². The van der Waals surface area contributed by atoms with Crippen LogP contribution < -0.4 is 4.74 Å². The van der Waals surface area contributed by atoms with Crippen molar-refractivity contribution in [3.05, 3.63) is 47.3 Å². The number of hydrogen-bond donors (Lipinski definition) is 1. The molecule has 1 unspecified atom stereocenters. The molecule has 1 saturated heterocycles. The van der Waals surface area contributed by atoms with E-state index in [-0.39, 0.29) is 0 Å². The lowest BCUT2D eigenvalue weighted by molar-refractivity contribution is 0.0393. The van der Waals surface area contributed by atoms with Crippen molar-refractivity contribution in [2.75, 3.05) is 26.7 Å². The zero-order chi connectivity index (χ0) is 15.7. The standard InChI is InChI=1S/C17H23N3O2/c1-12-8-13(2)20(18-12)15-9-19(10-15)11-17(21)14-4-6-16(22-3)7-5-14/h4-8,15,17,21H,9-11H2,1-3H3. The summed E-state index contributed by atoms with van der Waals surface area (Å²) in [5, 5.41) is 14.9. The molecule has 0 radical (unpaired) electrons. The van der Waals surface area contributed by atoms with Gasteiger partial charge in [0.1, 0.15) is 5.75 Å². The minimum Gasteiger partial charge on any atom is -0.497 e. The van der Waals surface area contributed by atoms with Crippen molar-refractivity contribution in [1.29, 1.82) is 0 Å². The number of benzene rings is 1. The fourth-order valence-electron chi connectivity index (χ4n) is 3.04. The first kappa shape index (κ1) is 15.1. The van der Waals surface area contributed by atoms with E-state index in [4.69, 9.17) is 4.74 Å². The van der Waals surface area contributed by atoms with Crippen LogP contribution >= 0.6 is 0 Å². The topological polar surface area (TPSA) is 50.5 Å². The molecular weight excluding hydrogens is 278 g/mol. The molecule has 1 N–H and O–H groups in total. The molecule has 0 amide bonds. The predicted molar refractivity (Wildman–Crippen MR) is 85.1 cm³/mol. The van der Waals surface area contributed by atoms with Crippen LogP contribution in [0.2, 0.25) is 0 Å². The first-order chi connectivity index (χ1) is 10.6. The first-order valence-corrected chi connectivity index (χ1v) is 7.64. The average molecular weight is 301 g/mol. The third kappa shape index (κ3) is 3.00. The fourth-order valence-corrected chi connectivity index (χ4v) is 3.04. The molecule has 0 aliphatic carbocycles. The molecule has 118 valence electrons. The summed E-state index contributed by atoms with van der Waals surface area (Å²) < 4.78 is 7.24. The molecule has 5 heteroatoms. The van der Waals surface area contributed by atoms with Gasteiger partial charge in [-0.05, 0) is 37.6 Å². The molecule has 0 spiro atoms. The predicted octanol–water partition coefficient (Wildman–Crippen LogP) is 2.10. The number of hydrogen-bond acceptors (Lipinski definition) is 4. The number of likely N-dealkylation sites (tertiary alicyclic amines) is 1. The summed E-state index contributed by atoms with van der Waals surface area (Å²) in [6.45, 7) is 6.65. The minimum atomic E-state index is -0.465. The van der Waals surface area contributed by atoms with Gasteiger partial charge in [-0.1, -0.05) is 12.1 Å². The number of rotatable bonds is 5. The molecule has 2 heterocycles. The van der Waals surface area contributed by atoms with Crippen molar-refractivity contribution in [3.8, 4) is 5.75 Å². The second-order valence-corrected chi connectivity index (χ2v) is 6.03. The van der Waals surface area contributed by atoms with Crippen LogP contribution in [0.3, 0.4) is 0 Å². The SMILES string of the molecule is COc1ccc(C(O)CN2CC(n3nc(C)cc3C)C2)cc1. The lowest BCUT2D eigenvalue weighted by atomic mass is 10.0. The summed E-state index contributed by atoms with van der Waals surface area (Å²) in [6, 6.07) is 10.1. The number of aliphatic hydroxyl groups is 1. The maximum atomic E-state index is 10.3. The van der Waals surface area contributed by atoms with E-state index in [9.17, 15) is 5.11 Å². The molecule has 1 aliphatic rings. The van der Waals surface area contributed by atoms with Gasteiger partial charge < -0.3 is 9.84 Å². The van der Waals surface area contributed by atoms with Gasteiger partial charge in [0.05, 0.1) is 24.9 Å². The Morgan fingerprint density at radius 3 is 2.50 bits per heavy atom. The number of β-amino-alcohol motifs (C(OH)–C–C–N with tert-alkyl or cyclic N) is 1. The van der Waals surface area contributed by atoms with Crippen molar-refractivity contribution >= 4 is 0 Å². The van der Waals surface area contributed by atoms with E-state index < -0.39 is 6.10 Å². The van der Waals surface area contributed by atoms with Crippen molar-refractivity contribution < 1.29 is 9.84 Å². The van der Waals surface area contributed by atoms with E-state index in [1.165, 1.54) is 5.69 Å². The molecule has 3 rings (SSSR count). The van der Waals surface area contributed by atoms with Crippen molar-refractivity contribution in [2.24, 2.45) is 0 Å². The smallest absolute Gasteiger partial charge is 0.118 e. The summed E-state index contributed by atoms with van der Waals surface area (Å²) in [5.74, 6) is 0.810. The van der Waals surface area contributed by atoms with E-state index in [0.29, 0.717) is 12.6 Å². The van der Waals surface area contributed by atoms with Crippen LogP contribution in [0.4, 0.5) is 0 Å². The Morgan fingerprint density at radius 1 is 1.27 bits per heavy atom. The molecule has 1 fully saturated rings. The normalized spacial score (nSPS) is 17.3. The molecule has 0 bridgehead atoms. The molecule has 22 heavy (non-hydrogen) atoms. The lowest BCUT2D eigenvalue weighted by Crippen LogP contribution is -2.49. The van der Waals surface area contributed by atoms with E-state index in [1.807, 2.05) is 31.2 Å². The average Bonchev–Trinajstić information content (AvgIpc) is 2.80. The highest BCUT2D eigenvalue weighted by Crippen LogP contribution is 2.26. The van der Waals surface area contributed by atoms with Crippen LogP contribution in [-0.4, -0.2) is 46.5 Å². The summed E-state index contributed by atoms with van der Waals surface area (Å²) in [7, 11) is 1.64. The van der Waals surface area contributed by atoms with Gasteiger partial charge in [-0.25, -0.2) is 0 Å². The molecule has 1 aromatic carbocycles. The third-order valence-corrected chi connectivity index (χ3v) is 4.26. The van der Waals surface area contributed by atoms with Crippen LogP contribution in [0.5, 0.6) is 5.75 Å². The van der Waals surface area contributed by atoms with E-state index >= 15 is 0 Å². The largest absolute Gasteiger partial charge is 0.497 e. The minimum absolute atomic E-state index is 0.428. The monoisotopic (exact) mass is 301 g/mol. The number of aryl methyl sites for hydroxylation is 2. The van der Waals surface area contributed by atoms with Gasteiger partial charge in [-0.3, -0.25) is 9.58 Å². The molecule has 1 aliphatic heterocycles. The van der Waals surface area contributed by atoms with E-state index in [1.54, 1.807) is 7.11 Å². The first-order valence-electron chi connectivity index (χ1n) is 7.64. The van der Waals surface area contributed by atoms with Gasteiger partial charge >= 0.3 is 0 Å². The summed E-state index contributed by atoms with van der Waals surface area (Å²) in [4.78, 5) is 2.26. The molecule has 0 saturated carbocycles. The van der Waals surface area contributed by atoms with Crippen molar-refractivity contribution in [1.82, 2.24) is 14.7 Å². The van der Waals surface area contributed by atoms with Gasteiger partial charge in [0, 0.05) is 25.3 Å². The van der Waals surface area contributed by atoms with Crippen LogP contribution in [0.15, 0.2) is 30.3 Å². The number of nitrogens with zero attached hydrogens (tertiary/aromatic N) is 3. The zero-order valence-electron chi connectivity index (χ0n) is 13.4. The van der Waals surface area contributed by atoms with Crippen LogP contribution in [-0.2, 0) is 0 Å². The highest BCUT2D eigenvalue weighted by atomic mass is 16.5. The third-order valence-electron chi connectivity index (χ3n) is 4.26. The Hall–Kier alpha value is -1.85. The molecular formula is C17H23N3O2. The van der Waals surface area contributed by atoms with Gasteiger partial charge in [-0.2, -0.15) is 5.10 Å². The molecule has 1 aromatic heterocycles. The number of aliphatic hydroxyl groups excluding tert-OH is 1. The van der Waals surface area contributed by atoms with Gasteiger partial charge in [0.2, 0.25) is 0 Å². The lowest BCUT2D eigenvalue weighted by Gasteiger charge is -2.40. The van der Waals surface area contributed by atoms with Crippen LogP contribution in [0, 0.1) is 13.8 Å². The fraction of sp³-hybridized carbons (Fsp3) is 0.471. The number of ether oxygens (including phenoxy) is 1. The zero-order valence-corrected chi connectivity index (χ0v) is 13.4.